The van der Waals surface area contributed by atoms with Crippen LogP contribution in [0.4, 0.5) is 0 Å². The lowest BCUT2D eigenvalue weighted by Crippen LogP contribution is -1.83. The Balaban J connectivity index is 1.28. The predicted molar refractivity (Wildman–Crippen MR) is 167 cm³/mol. The molecule has 8 aromatic rings. The molecule has 0 unspecified atom stereocenters. The van der Waals surface area contributed by atoms with Gasteiger partial charge in [-0.25, -0.2) is 0 Å². The molecule has 0 atom stereocenters. The number of benzene rings is 8. The minimum atomic E-state index is 1.21. The molecule has 0 aliphatic carbocycles. The van der Waals surface area contributed by atoms with Crippen LogP contribution >= 0.6 is 0 Å². The molecule has 0 nitrogen and oxygen atoms in total. The van der Waals surface area contributed by atoms with E-state index in [0.29, 0.717) is 0 Å². The van der Waals surface area contributed by atoms with Crippen LogP contribution < -0.4 is 0 Å². The van der Waals surface area contributed by atoms with Gasteiger partial charge in [0.05, 0.1) is 0 Å². The Morgan fingerprint density at radius 2 is 0.632 bits per heavy atom. The number of hydrogen-bond acceptors (Lipinski definition) is 0. The van der Waals surface area contributed by atoms with Gasteiger partial charge in [0.15, 0.2) is 0 Å². The van der Waals surface area contributed by atoms with Crippen LogP contribution in [0.15, 0.2) is 133 Å². The number of hydrogen-bond donors (Lipinski definition) is 0. The van der Waals surface area contributed by atoms with Crippen molar-refractivity contribution >= 4 is 76.8 Å². The van der Waals surface area contributed by atoms with Gasteiger partial charge in [0.1, 0.15) is 0 Å². The van der Waals surface area contributed by atoms with Gasteiger partial charge in [-0.3, -0.25) is 0 Å². The first-order valence-electron chi connectivity index (χ1n) is 13.2. The Hall–Kier alpha value is -4.94. The zero-order valence-corrected chi connectivity index (χ0v) is 20.9. The van der Waals surface area contributed by atoms with Crippen molar-refractivity contribution in [1.82, 2.24) is 0 Å². The maximum Gasteiger partial charge on any atom is -0.00266 e. The van der Waals surface area contributed by atoms with Gasteiger partial charge < -0.3 is 0 Å². The highest BCUT2D eigenvalue weighted by atomic mass is 14.1. The minimum absolute atomic E-state index is 1.21. The maximum absolute atomic E-state index is 2.34. The number of fused-ring (bicyclic) bond motifs is 10. The Morgan fingerprint density at radius 1 is 0.289 bits per heavy atom. The van der Waals surface area contributed by atoms with Crippen LogP contribution in [0.2, 0.25) is 0 Å². The summed E-state index contributed by atoms with van der Waals surface area (Å²) in [6.07, 6.45) is 4.49. The first kappa shape index (κ1) is 21.2. The molecule has 8 aromatic carbocycles. The highest BCUT2D eigenvalue weighted by Gasteiger charge is 2.07. The van der Waals surface area contributed by atoms with E-state index >= 15 is 0 Å². The maximum atomic E-state index is 2.34. The highest BCUT2D eigenvalue weighted by molar-refractivity contribution is 6.21. The van der Waals surface area contributed by atoms with Crippen LogP contribution in [0.25, 0.3) is 76.8 Å². The summed E-state index contributed by atoms with van der Waals surface area (Å²) in [5.41, 5.74) is 2.42. The lowest BCUT2D eigenvalue weighted by molar-refractivity contribution is 1.71. The van der Waals surface area contributed by atoms with E-state index in [4.69, 9.17) is 0 Å². The molecule has 0 bridgehead atoms. The molecule has 0 aliphatic heterocycles. The summed E-state index contributed by atoms with van der Waals surface area (Å²) in [5.74, 6) is 0. The topological polar surface area (TPSA) is 0 Å². The van der Waals surface area contributed by atoms with Crippen molar-refractivity contribution in [2.75, 3.05) is 0 Å². The van der Waals surface area contributed by atoms with Gasteiger partial charge in [0.2, 0.25) is 0 Å². The average molecular weight is 481 g/mol. The Kier molecular flexibility index (Phi) is 4.62. The summed E-state index contributed by atoms with van der Waals surface area (Å²) in [7, 11) is 0. The molecule has 0 heterocycles. The van der Waals surface area contributed by atoms with Crippen molar-refractivity contribution in [2.45, 2.75) is 0 Å². The normalized spacial score (nSPS) is 12.1. The molecule has 0 saturated carbocycles. The molecule has 0 radical (unpaired) electrons. The van der Waals surface area contributed by atoms with Gasteiger partial charge in [0, 0.05) is 0 Å². The fourth-order valence-corrected chi connectivity index (χ4v) is 6.09. The third kappa shape index (κ3) is 3.31. The van der Waals surface area contributed by atoms with Crippen molar-refractivity contribution in [3.05, 3.63) is 145 Å². The summed E-state index contributed by atoms with van der Waals surface area (Å²) in [6.45, 7) is 0. The quantitative estimate of drug-likeness (QED) is 0.170. The fourth-order valence-electron chi connectivity index (χ4n) is 6.09. The zero-order chi connectivity index (χ0) is 25.1. The highest BCUT2D eigenvalue weighted by Crippen LogP contribution is 2.34. The van der Waals surface area contributed by atoms with Crippen molar-refractivity contribution < 1.29 is 0 Å². The molecule has 8 rings (SSSR count). The smallest absolute Gasteiger partial charge is 0.00266 e. The lowest BCUT2D eigenvalue weighted by atomic mass is 9.94. The standard InChI is InChI=1S/C38H24/c1-3-7-33-27(5-1)15-19-31-21-17-29-13-11-25(23-35(29)37(31)33)9-10-26-12-14-30-18-22-32-20-16-28-6-2-4-8-34(28)38(32)36(30)24-26/h1-24H. The van der Waals surface area contributed by atoms with E-state index in [1.807, 2.05) is 0 Å². The molecular formula is C38H24. The fraction of sp³-hybridized carbons (Fsp3) is 0. The largest absolute Gasteiger partial charge is 0.0616 e. The van der Waals surface area contributed by atoms with Crippen molar-refractivity contribution in [1.29, 1.82) is 0 Å². The van der Waals surface area contributed by atoms with Gasteiger partial charge in [-0.2, -0.15) is 0 Å². The molecule has 176 valence electrons. The Labute approximate surface area is 221 Å². The van der Waals surface area contributed by atoms with Crippen molar-refractivity contribution in [3.63, 3.8) is 0 Å². The van der Waals surface area contributed by atoms with E-state index in [0.717, 1.165) is 0 Å². The lowest BCUT2D eigenvalue weighted by Gasteiger charge is -2.09. The van der Waals surface area contributed by atoms with Crippen LogP contribution in [0.1, 0.15) is 11.1 Å². The average Bonchev–Trinajstić information content (AvgIpc) is 2.99. The van der Waals surface area contributed by atoms with Gasteiger partial charge in [-0.15, -0.1) is 0 Å². The summed E-state index contributed by atoms with van der Waals surface area (Å²) >= 11 is 0. The van der Waals surface area contributed by atoms with Gasteiger partial charge in [-0.05, 0) is 87.9 Å². The number of rotatable bonds is 2. The summed E-state index contributed by atoms with van der Waals surface area (Å²) in [6, 6.07) is 48.9. The first-order chi connectivity index (χ1) is 18.8. The van der Waals surface area contributed by atoms with Crippen molar-refractivity contribution in [2.24, 2.45) is 0 Å². The molecular weight excluding hydrogens is 456 g/mol. The second kappa shape index (κ2) is 8.30. The van der Waals surface area contributed by atoms with Crippen LogP contribution in [-0.2, 0) is 0 Å². The van der Waals surface area contributed by atoms with E-state index in [1.54, 1.807) is 0 Å². The first-order valence-corrected chi connectivity index (χ1v) is 13.2. The van der Waals surface area contributed by atoms with E-state index in [-0.39, 0.29) is 0 Å². The molecule has 38 heavy (non-hydrogen) atoms. The molecule has 0 N–H and O–H groups in total. The van der Waals surface area contributed by atoms with Gasteiger partial charge in [-0.1, -0.05) is 133 Å². The van der Waals surface area contributed by atoms with Crippen LogP contribution in [0.5, 0.6) is 0 Å². The van der Waals surface area contributed by atoms with Crippen molar-refractivity contribution in [3.8, 4) is 0 Å². The van der Waals surface area contributed by atoms with Gasteiger partial charge >= 0.3 is 0 Å². The van der Waals surface area contributed by atoms with E-state index < -0.39 is 0 Å². The Morgan fingerprint density at radius 3 is 1.08 bits per heavy atom. The minimum Gasteiger partial charge on any atom is -0.0616 e. The predicted octanol–water partition coefficient (Wildman–Crippen LogP) is 10.8. The van der Waals surface area contributed by atoms with Crippen LogP contribution in [0, 0.1) is 0 Å². The molecule has 0 fully saturated rings. The van der Waals surface area contributed by atoms with E-state index in [9.17, 15) is 0 Å². The van der Waals surface area contributed by atoms with Crippen LogP contribution in [-0.4, -0.2) is 0 Å². The van der Waals surface area contributed by atoms with E-state index in [2.05, 4.69) is 146 Å². The summed E-state index contributed by atoms with van der Waals surface area (Å²) in [4.78, 5) is 0. The van der Waals surface area contributed by atoms with Crippen LogP contribution in [0.3, 0.4) is 0 Å². The van der Waals surface area contributed by atoms with Gasteiger partial charge in [0.25, 0.3) is 0 Å². The molecule has 0 spiro atoms. The monoisotopic (exact) mass is 480 g/mol. The third-order valence-electron chi connectivity index (χ3n) is 7.97. The molecule has 0 saturated heterocycles. The summed E-state index contributed by atoms with van der Waals surface area (Å²) in [5, 5.41) is 15.6. The summed E-state index contributed by atoms with van der Waals surface area (Å²) < 4.78 is 0. The molecule has 0 amide bonds. The zero-order valence-electron chi connectivity index (χ0n) is 20.9. The third-order valence-corrected chi connectivity index (χ3v) is 7.97. The SMILES string of the molecule is C(=Cc1ccc2ccc3ccc4ccccc4c3c2c1)c1ccc2ccc3ccc4ccccc4c3c2c1. The molecule has 0 heteroatoms. The second-order valence-electron chi connectivity index (χ2n) is 10.2. The molecule has 0 aliphatic rings. The Bertz CT molecular complexity index is 2060. The molecule has 0 aromatic heterocycles. The van der Waals surface area contributed by atoms with E-state index in [1.165, 1.54) is 75.8 Å². The second-order valence-corrected chi connectivity index (χ2v) is 10.2.